The zero-order valence-electron chi connectivity index (χ0n) is 13.3. The van der Waals surface area contributed by atoms with Crippen LogP contribution in [0.15, 0.2) is 24.3 Å². The molecule has 1 aromatic rings. The average molecular weight is 310 g/mol. The Kier molecular flexibility index (Phi) is 7.01. The first-order chi connectivity index (χ1) is 10.2. The summed E-state index contributed by atoms with van der Waals surface area (Å²) in [5, 5.41) is 4.27. The van der Waals surface area contributed by atoms with Gasteiger partial charge in [0.2, 0.25) is 0 Å². The fourth-order valence-electron chi connectivity index (χ4n) is 3.07. The number of rotatable bonds is 7. The van der Waals surface area contributed by atoms with Gasteiger partial charge in [-0.2, -0.15) is 0 Å². The van der Waals surface area contributed by atoms with E-state index in [4.69, 9.17) is 16.3 Å². The zero-order valence-corrected chi connectivity index (χ0v) is 14.0. The molecule has 0 spiro atoms. The van der Waals surface area contributed by atoms with E-state index in [2.05, 4.69) is 31.3 Å². The molecule has 3 heteroatoms. The summed E-state index contributed by atoms with van der Waals surface area (Å²) in [5.41, 5.74) is 1.22. The number of hydrogen-bond donors (Lipinski definition) is 1. The molecule has 0 heterocycles. The fraction of sp³-hybridized carbons (Fsp3) is 0.667. The topological polar surface area (TPSA) is 21.3 Å². The first kappa shape index (κ1) is 16.8. The van der Waals surface area contributed by atoms with Gasteiger partial charge < -0.3 is 10.1 Å². The third kappa shape index (κ3) is 5.61. The Labute approximate surface area is 134 Å². The molecule has 0 amide bonds. The molecule has 0 bridgehead atoms. The molecule has 2 nitrogen and oxygen atoms in total. The Bertz CT molecular complexity index is 406. The van der Waals surface area contributed by atoms with Crippen molar-refractivity contribution in [3.8, 4) is 0 Å². The van der Waals surface area contributed by atoms with Gasteiger partial charge >= 0.3 is 0 Å². The highest BCUT2D eigenvalue weighted by Crippen LogP contribution is 2.30. The molecule has 1 aliphatic rings. The van der Waals surface area contributed by atoms with Gasteiger partial charge in [-0.05, 0) is 49.4 Å². The molecule has 118 valence electrons. The molecule has 0 aromatic heterocycles. The normalized spacial score (nSPS) is 24.0. The monoisotopic (exact) mass is 309 g/mol. The molecule has 1 aromatic carbocycles. The maximum atomic E-state index is 6.43. The fourth-order valence-corrected chi connectivity index (χ4v) is 3.19. The number of hydrogen-bond acceptors (Lipinski definition) is 2. The lowest BCUT2D eigenvalue weighted by molar-refractivity contribution is -0.0394. The summed E-state index contributed by atoms with van der Waals surface area (Å²) in [5.74, 6) is 0.790. The summed E-state index contributed by atoms with van der Waals surface area (Å²) in [6.07, 6.45) is 6.71. The standard InChI is InChI=1S/C18H28ClNO/c1-3-11-20-13-18(15-7-9-16(19)10-8-15)21-17-6-4-5-14(2)12-17/h7-10,14,17-18,20H,3-6,11-13H2,1-2H3. The Morgan fingerprint density at radius 3 is 2.71 bits per heavy atom. The highest BCUT2D eigenvalue weighted by molar-refractivity contribution is 6.30. The Hall–Kier alpha value is -0.570. The van der Waals surface area contributed by atoms with E-state index in [1.54, 1.807) is 0 Å². The second kappa shape index (κ2) is 8.77. The lowest BCUT2D eigenvalue weighted by atomic mass is 9.88. The zero-order chi connectivity index (χ0) is 15.1. The van der Waals surface area contributed by atoms with Crippen molar-refractivity contribution in [1.29, 1.82) is 0 Å². The Balaban J connectivity index is 1.98. The molecular formula is C18H28ClNO. The van der Waals surface area contributed by atoms with E-state index >= 15 is 0 Å². The summed E-state index contributed by atoms with van der Waals surface area (Å²) in [4.78, 5) is 0. The predicted molar refractivity (Wildman–Crippen MR) is 89.9 cm³/mol. The van der Waals surface area contributed by atoms with Crippen LogP contribution in [0.2, 0.25) is 5.02 Å². The van der Waals surface area contributed by atoms with Crippen LogP contribution >= 0.6 is 11.6 Å². The first-order valence-electron chi connectivity index (χ1n) is 8.30. The largest absolute Gasteiger partial charge is 0.369 e. The number of halogens is 1. The molecule has 2 rings (SSSR count). The van der Waals surface area contributed by atoms with Gasteiger partial charge in [-0.3, -0.25) is 0 Å². The van der Waals surface area contributed by atoms with Crippen LogP contribution in [0.4, 0.5) is 0 Å². The minimum absolute atomic E-state index is 0.129. The summed E-state index contributed by atoms with van der Waals surface area (Å²) in [7, 11) is 0. The average Bonchev–Trinajstić information content (AvgIpc) is 2.47. The van der Waals surface area contributed by atoms with Gasteiger partial charge in [0.05, 0.1) is 12.2 Å². The Morgan fingerprint density at radius 2 is 2.05 bits per heavy atom. The van der Waals surface area contributed by atoms with Gasteiger partial charge in [0.25, 0.3) is 0 Å². The number of ether oxygens (including phenoxy) is 1. The van der Waals surface area contributed by atoms with Crippen molar-refractivity contribution < 1.29 is 4.74 Å². The van der Waals surface area contributed by atoms with Gasteiger partial charge in [-0.15, -0.1) is 0 Å². The summed E-state index contributed by atoms with van der Waals surface area (Å²) in [6.45, 7) is 6.44. The van der Waals surface area contributed by atoms with Crippen LogP contribution in [0.3, 0.4) is 0 Å². The second-order valence-corrected chi connectivity index (χ2v) is 6.71. The molecule has 1 fully saturated rings. The number of nitrogens with one attached hydrogen (secondary N) is 1. The van der Waals surface area contributed by atoms with Crippen LogP contribution in [0.25, 0.3) is 0 Å². The molecule has 21 heavy (non-hydrogen) atoms. The van der Waals surface area contributed by atoms with E-state index in [1.807, 2.05) is 12.1 Å². The smallest absolute Gasteiger partial charge is 0.0952 e. The van der Waals surface area contributed by atoms with Crippen LogP contribution in [0.1, 0.15) is 57.6 Å². The van der Waals surface area contributed by atoms with Crippen molar-refractivity contribution in [2.45, 2.75) is 58.2 Å². The summed E-state index contributed by atoms with van der Waals surface area (Å²) in [6, 6.07) is 8.09. The first-order valence-corrected chi connectivity index (χ1v) is 8.68. The maximum absolute atomic E-state index is 6.43. The molecule has 0 radical (unpaired) electrons. The van der Waals surface area contributed by atoms with Gasteiger partial charge in [-0.1, -0.05) is 50.4 Å². The minimum atomic E-state index is 0.129. The predicted octanol–water partition coefficient (Wildman–Crippen LogP) is 4.98. The third-order valence-corrected chi connectivity index (χ3v) is 4.50. The van der Waals surface area contributed by atoms with Gasteiger partial charge in [0, 0.05) is 11.6 Å². The lowest BCUT2D eigenvalue weighted by Crippen LogP contribution is -2.29. The molecule has 0 aliphatic heterocycles. The van der Waals surface area contributed by atoms with Crippen LogP contribution < -0.4 is 5.32 Å². The van der Waals surface area contributed by atoms with E-state index in [9.17, 15) is 0 Å². The van der Waals surface area contributed by atoms with Gasteiger partial charge in [0.1, 0.15) is 0 Å². The van der Waals surface area contributed by atoms with Crippen molar-refractivity contribution in [2.75, 3.05) is 13.1 Å². The summed E-state index contributed by atoms with van der Waals surface area (Å²) < 4.78 is 6.43. The maximum Gasteiger partial charge on any atom is 0.0952 e. The van der Waals surface area contributed by atoms with Crippen LogP contribution in [-0.4, -0.2) is 19.2 Å². The molecule has 1 N–H and O–H groups in total. The van der Waals surface area contributed by atoms with Gasteiger partial charge in [0.15, 0.2) is 0 Å². The summed E-state index contributed by atoms with van der Waals surface area (Å²) >= 11 is 6.00. The van der Waals surface area contributed by atoms with Gasteiger partial charge in [-0.25, -0.2) is 0 Å². The van der Waals surface area contributed by atoms with Crippen molar-refractivity contribution in [3.63, 3.8) is 0 Å². The van der Waals surface area contributed by atoms with E-state index in [1.165, 1.54) is 31.2 Å². The third-order valence-electron chi connectivity index (χ3n) is 4.24. The molecule has 0 saturated heterocycles. The van der Waals surface area contributed by atoms with Crippen molar-refractivity contribution >= 4 is 11.6 Å². The second-order valence-electron chi connectivity index (χ2n) is 6.27. The molecule has 3 unspecified atom stereocenters. The Morgan fingerprint density at radius 1 is 1.29 bits per heavy atom. The van der Waals surface area contributed by atoms with E-state index < -0.39 is 0 Å². The van der Waals surface area contributed by atoms with Crippen LogP contribution in [0, 0.1) is 5.92 Å². The number of benzene rings is 1. The molecule has 1 saturated carbocycles. The highest BCUT2D eigenvalue weighted by atomic mass is 35.5. The van der Waals surface area contributed by atoms with E-state index in [0.29, 0.717) is 6.10 Å². The van der Waals surface area contributed by atoms with Crippen molar-refractivity contribution in [1.82, 2.24) is 5.32 Å². The van der Waals surface area contributed by atoms with Crippen molar-refractivity contribution in [3.05, 3.63) is 34.9 Å². The van der Waals surface area contributed by atoms with E-state index in [-0.39, 0.29) is 6.10 Å². The molecule has 1 aliphatic carbocycles. The quantitative estimate of drug-likeness (QED) is 0.717. The SMILES string of the molecule is CCCNCC(OC1CCCC(C)C1)c1ccc(Cl)cc1. The van der Waals surface area contributed by atoms with Crippen LogP contribution in [0.5, 0.6) is 0 Å². The molecular weight excluding hydrogens is 282 g/mol. The van der Waals surface area contributed by atoms with E-state index in [0.717, 1.165) is 30.5 Å². The minimum Gasteiger partial charge on any atom is -0.369 e. The lowest BCUT2D eigenvalue weighted by Gasteiger charge is -2.31. The highest BCUT2D eigenvalue weighted by Gasteiger charge is 2.23. The van der Waals surface area contributed by atoms with Crippen LogP contribution in [-0.2, 0) is 4.74 Å². The molecule has 3 atom stereocenters. The van der Waals surface area contributed by atoms with Crippen molar-refractivity contribution in [2.24, 2.45) is 5.92 Å².